The molecule has 2 aromatic carbocycles. The normalized spacial score (nSPS) is 21.4. The van der Waals surface area contributed by atoms with Gasteiger partial charge in [-0.2, -0.15) is 0 Å². The van der Waals surface area contributed by atoms with Gasteiger partial charge in [0.1, 0.15) is 0 Å². The Kier molecular flexibility index (Phi) is 8.23. The molecule has 0 unspecified atom stereocenters. The highest BCUT2D eigenvalue weighted by atomic mass is 16.4. The van der Waals surface area contributed by atoms with Crippen LogP contribution in [0.15, 0.2) is 48.5 Å². The Labute approximate surface area is 232 Å². The third-order valence-corrected chi connectivity index (χ3v) is 8.49. The molecule has 1 saturated carbocycles. The first-order valence-electron chi connectivity index (χ1n) is 13.9. The summed E-state index contributed by atoms with van der Waals surface area (Å²) in [7, 11) is 4.01. The number of carbonyl (C=O) groups is 3. The fourth-order valence-electron chi connectivity index (χ4n) is 5.94. The van der Waals surface area contributed by atoms with Crippen molar-refractivity contribution in [3.8, 4) is 0 Å². The molecular formula is C31H42N4O4. The second-order valence-corrected chi connectivity index (χ2v) is 12.3. The number of nitrogens with one attached hydrogen (secondary N) is 1. The minimum absolute atomic E-state index is 0.0253. The molecule has 1 saturated heterocycles. The fraction of sp³-hybridized carbons (Fsp3) is 0.516. The van der Waals surface area contributed by atoms with Gasteiger partial charge in [-0.25, -0.2) is 4.79 Å². The first kappa shape index (κ1) is 28.5. The van der Waals surface area contributed by atoms with Gasteiger partial charge in [0.25, 0.3) is 5.91 Å². The van der Waals surface area contributed by atoms with E-state index in [1.54, 1.807) is 12.1 Å². The second kappa shape index (κ2) is 11.3. The molecule has 8 nitrogen and oxygen atoms in total. The molecule has 0 bridgehead atoms. The van der Waals surface area contributed by atoms with E-state index in [4.69, 9.17) is 5.11 Å². The zero-order valence-corrected chi connectivity index (χ0v) is 23.9. The number of carbonyl (C=O) groups excluding carboxylic acids is 2. The van der Waals surface area contributed by atoms with Gasteiger partial charge < -0.3 is 20.2 Å². The lowest BCUT2D eigenvalue weighted by Crippen LogP contribution is -2.50. The number of aliphatic carboxylic acids is 1. The number of hydrogen-bond acceptors (Lipinski definition) is 4. The first-order chi connectivity index (χ1) is 18.4. The van der Waals surface area contributed by atoms with Gasteiger partial charge in [0.15, 0.2) is 0 Å². The third kappa shape index (κ3) is 6.37. The Morgan fingerprint density at radius 2 is 1.64 bits per heavy atom. The summed E-state index contributed by atoms with van der Waals surface area (Å²) in [4.78, 5) is 43.1. The van der Waals surface area contributed by atoms with Crippen molar-refractivity contribution in [1.29, 1.82) is 0 Å². The summed E-state index contributed by atoms with van der Waals surface area (Å²) in [5, 5.41) is 11.4. The zero-order valence-electron chi connectivity index (χ0n) is 23.9. The minimum atomic E-state index is -0.950. The van der Waals surface area contributed by atoms with Crippen LogP contribution < -0.4 is 15.1 Å². The van der Waals surface area contributed by atoms with E-state index in [1.807, 2.05) is 48.2 Å². The van der Waals surface area contributed by atoms with Crippen LogP contribution in [0.2, 0.25) is 0 Å². The van der Waals surface area contributed by atoms with Crippen molar-refractivity contribution in [3.05, 3.63) is 59.7 Å². The van der Waals surface area contributed by atoms with Gasteiger partial charge in [-0.05, 0) is 79.0 Å². The number of carboxylic acid groups (broad SMARTS) is 1. The maximum atomic E-state index is 14.0. The number of benzene rings is 2. The molecule has 2 N–H and O–H groups in total. The first-order valence-corrected chi connectivity index (χ1v) is 13.9. The standard InChI is InChI=1S/C31H42N4O4/c1-30(2,3)24-14-17-31(18-15-24)21-34(26-12-10-25(11-13-26)33(4)5)29(39)35(31)20-22-6-8-23(9-7-22)28(38)32-19-16-27(36)37/h6-13,24H,14-21H2,1-5H3,(H,32,38)(H,36,37). The smallest absolute Gasteiger partial charge is 0.325 e. The van der Waals surface area contributed by atoms with Gasteiger partial charge >= 0.3 is 12.0 Å². The van der Waals surface area contributed by atoms with Gasteiger partial charge in [0.2, 0.25) is 0 Å². The van der Waals surface area contributed by atoms with Gasteiger partial charge in [-0.3, -0.25) is 14.5 Å². The molecule has 39 heavy (non-hydrogen) atoms. The van der Waals surface area contributed by atoms with Gasteiger partial charge in [-0.1, -0.05) is 32.9 Å². The monoisotopic (exact) mass is 534 g/mol. The molecule has 1 aliphatic carbocycles. The molecule has 1 heterocycles. The highest BCUT2D eigenvalue weighted by molar-refractivity contribution is 5.96. The highest BCUT2D eigenvalue weighted by Gasteiger charge is 2.52. The SMILES string of the molecule is CN(C)c1ccc(N2CC3(CCC(C(C)(C)C)CC3)N(Cc3ccc(C(=O)NCCC(=O)O)cc3)C2=O)cc1. The molecular weight excluding hydrogens is 492 g/mol. The number of anilines is 2. The number of urea groups is 1. The molecule has 0 radical (unpaired) electrons. The Hall–Kier alpha value is -3.55. The number of rotatable bonds is 8. The predicted octanol–water partition coefficient (Wildman–Crippen LogP) is 5.37. The molecule has 4 rings (SSSR count). The van der Waals surface area contributed by atoms with Gasteiger partial charge in [0, 0.05) is 44.1 Å². The summed E-state index contributed by atoms with van der Waals surface area (Å²) in [5.74, 6) is -0.620. The average molecular weight is 535 g/mol. The molecule has 1 aliphatic heterocycles. The molecule has 3 amide bonds. The Morgan fingerprint density at radius 1 is 1.03 bits per heavy atom. The van der Waals surface area contributed by atoms with E-state index in [2.05, 4.69) is 43.1 Å². The van der Waals surface area contributed by atoms with E-state index in [9.17, 15) is 14.4 Å². The Bertz CT molecular complexity index is 1180. The summed E-state index contributed by atoms with van der Waals surface area (Å²) < 4.78 is 0. The zero-order chi connectivity index (χ0) is 28.4. The summed E-state index contributed by atoms with van der Waals surface area (Å²) in [6.45, 7) is 8.17. The Balaban J connectivity index is 1.54. The van der Waals surface area contributed by atoms with Gasteiger partial charge in [0.05, 0.1) is 18.5 Å². The van der Waals surface area contributed by atoms with Crippen LogP contribution >= 0.6 is 0 Å². The minimum Gasteiger partial charge on any atom is -0.481 e. The van der Waals surface area contributed by atoms with Crippen molar-refractivity contribution in [3.63, 3.8) is 0 Å². The van der Waals surface area contributed by atoms with Crippen LogP contribution in [-0.4, -0.2) is 60.6 Å². The molecule has 0 aromatic heterocycles. The lowest BCUT2D eigenvalue weighted by Gasteiger charge is -2.45. The second-order valence-electron chi connectivity index (χ2n) is 12.3. The number of hydrogen-bond donors (Lipinski definition) is 2. The number of carboxylic acids is 1. The average Bonchev–Trinajstić information content (AvgIpc) is 3.14. The number of nitrogens with zero attached hydrogens (tertiary/aromatic N) is 3. The Morgan fingerprint density at radius 3 is 2.18 bits per heavy atom. The van der Waals surface area contributed by atoms with Crippen molar-refractivity contribution < 1.29 is 19.5 Å². The van der Waals surface area contributed by atoms with Crippen molar-refractivity contribution >= 4 is 29.3 Å². The van der Waals surface area contributed by atoms with Crippen LogP contribution in [-0.2, 0) is 11.3 Å². The maximum Gasteiger partial charge on any atom is 0.325 e. The predicted molar refractivity (Wildman–Crippen MR) is 154 cm³/mol. The lowest BCUT2D eigenvalue weighted by atomic mass is 9.67. The van der Waals surface area contributed by atoms with Crippen LogP contribution in [0.3, 0.4) is 0 Å². The molecule has 8 heteroatoms. The van der Waals surface area contributed by atoms with Crippen molar-refractivity contribution in [2.45, 2.75) is 65.0 Å². The summed E-state index contributed by atoms with van der Waals surface area (Å²) >= 11 is 0. The van der Waals surface area contributed by atoms with Crippen LogP contribution in [0.5, 0.6) is 0 Å². The lowest BCUT2D eigenvalue weighted by molar-refractivity contribution is -0.136. The van der Waals surface area contributed by atoms with Crippen LogP contribution in [0.1, 0.15) is 68.8 Å². The van der Waals surface area contributed by atoms with Crippen molar-refractivity contribution in [1.82, 2.24) is 10.2 Å². The van der Waals surface area contributed by atoms with Crippen LogP contribution in [0, 0.1) is 11.3 Å². The topological polar surface area (TPSA) is 93.2 Å². The molecule has 1 spiro atoms. The molecule has 2 aromatic rings. The summed E-state index contributed by atoms with van der Waals surface area (Å²) in [5.41, 5.74) is 3.46. The van der Waals surface area contributed by atoms with Crippen molar-refractivity contribution in [2.24, 2.45) is 11.3 Å². The van der Waals surface area contributed by atoms with E-state index in [1.165, 1.54) is 0 Å². The molecule has 0 atom stereocenters. The van der Waals surface area contributed by atoms with E-state index in [-0.39, 0.29) is 35.9 Å². The summed E-state index contributed by atoms with van der Waals surface area (Å²) in [6.07, 6.45) is 4.01. The van der Waals surface area contributed by atoms with E-state index in [0.29, 0.717) is 24.6 Å². The maximum absolute atomic E-state index is 14.0. The number of amides is 3. The van der Waals surface area contributed by atoms with E-state index < -0.39 is 5.97 Å². The molecule has 210 valence electrons. The van der Waals surface area contributed by atoms with E-state index in [0.717, 1.165) is 42.6 Å². The fourth-order valence-corrected chi connectivity index (χ4v) is 5.94. The van der Waals surface area contributed by atoms with Crippen molar-refractivity contribution in [2.75, 3.05) is 37.0 Å². The third-order valence-electron chi connectivity index (χ3n) is 8.49. The highest BCUT2D eigenvalue weighted by Crippen LogP contribution is 2.47. The van der Waals surface area contributed by atoms with Crippen LogP contribution in [0.4, 0.5) is 16.2 Å². The van der Waals surface area contributed by atoms with E-state index >= 15 is 0 Å². The largest absolute Gasteiger partial charge is 0.481 e. The van der Waals surface area contributed by atoms with Gasteiger partial charge in [-0.15, -0.1) is 0 Å². The molecule has 2 aliphatic rings. The molecule has 2 fully saturated rings. The quantitative estimate of drug-likeness (QED) is 0.475. The van der Waals surface area contributed by atoms with Crippen LogP contribution in [0.25, 0.3) is 0 Å². The summed E-state index contributed by atoms with van der Waals surface area (Å²) in [6, 6.07) is 15.5.